The number of amides is 1. The molecular weight excluding hydrogens is 356 g/mol. The molecule has 2 N–H and O–H groups in total. The SMILES string of the molecule is O=C(c1cn(Cc2ccccc2)c2ccccc12)N1C[C@@H](CO)O[C@@H](CO)C1. The van der Waals surface area contributed by atoms with Crippen molar-refractivity contribution in [1.82, 2.24) is 9.47 Å². The average Bonchev–Trinajstić information content (AvgIpc) is 3.12. The first kappa shape index (κ1) is 18.7. The van der Waals surface area contributed by atoms with E-state index >= 15 is 0 Å². The number of hydrogen-bond acceptors (Lipinski definition) is 4. The van der Waals surface area contributed by atoms with E-state index in [0.717, 1.165) is 16.5 Å². The second-order valence-corrected chi connectivity index (χ2v) is 7.13. The lowest BCUT2D eigenvalue weighted by Gasteiger charge is -2.36. The normalized spacial score (nSPS) is 19.9. The minimum Gasteiger partial charge on any atom is -0.394 e. The largest absolute Gasteiger partial charge is 0.394 e. The number of carbonyl (C=O) groups is 1. The molecule has 28 heavy (non-hydrogen) atoms. The van der Waals surface area contributed by atoms with Crippen molar-refractivity contribution in [1.29, 1.82) is 0 Å². The van der Waals surface area contributed by atoms with Gasteiger partial charge >= 0.3 is 0 Å². The molecule has 2 heterocycles. The first-order valence-electron chi connectivity index (χ1n) is 9.48. The van der Waals surface area contributed by atoms with Crippen LogP contribution in [0.1, 0.15) is 15.9 Å². The third-order valence-electron chi connectivity index (χ3n) is 5.14. The number of aromatic nitrogens is 1. The van der Waals surface area contributed by atoms with Crippen molar-refractivity contribution in [3.8, 4) is 0 Å². The summed E-state index contributed by atoms with van der Waals surface area (Å²) in [5, 5.41) is 19.8. The van der Waals surface area contributed by atoms with Crippen LogP contribution in [0.5, 0.6) is 0 Å². The third-order valence-corrected chi connectivity index (χ3v) is 5.14. The third kappa shape index (κ3) is 3.67. The van der Waals surface area contributed by atoms with Crippen LogP contribution < -0.4 is 0 Å². The molecule has 1 amide bonds. The highest BCUT2D eigenvalue weighted by Gasteiger charge is 2.31. The zero-order chi connectivity index (χ0) is 19.5. The van der Waals surface area contributed by atoms with Crippen LogP contribution in [-0.4, -0.2) is 64.1 Å². The number of aliphatic hydroxyl groups excluding tert-OH is 2. The summed E-state index contributed by atoms with van der Waals surface area (Å²) in [4.78, 5) is 15.0. The van der Waals surface area contributed by atoms with E-state index in [4.69, 9.17) is 4.74 Å². The van der Waals surface area contributed by atoms with E-state index < -0.39 is 12.2 Å². The maximum Gasteiger partial charge on any atom is 0.256 e. The highest BCUT2D eigenvalue weighted by Crippen LogP contribution is 2.25. The van der Waals surface area contributed by atoms with E-state index in [0.29, 0.717) is 25.2 Å². The predicted octanol–water partition coefficient (Wildman–Crippen LogP) is 1.88. The lowest BCUT2D eigenvalue weighted by atomic mass is 10.1. The molecule has 1 fully saturated rings. The zero-order valence-corrected chi connectivity index (χ0v) is 15.6. The molecule has 0 bridgehead atoms. The Labute approximate surface area is 163 Å². The van der Waals surface area contributed by atoms with E-state index in [2.05, 4.69) is 16.7 Å². The lowest BCUT2D eigenvalue weighted by molar-refractivity contribution is -0.108. The van der Waals surface area contributed by atoms with Crippen LogP contribution in [0.15, 0.2) is 60.8 Å². The Morgan fingerprint density at radius 3 is 2.29 bits per heavy atom. The number of nitrogens with zero attached hydrogens (tertiary/aromatic N) is 2. The van der Waals surface area contributed by atoms with Gasteiger partial charge < -0.3 is 24.4 Å². The van der Waals surface area contributed by atoms with Crippen LogP contribution in [-0.2, 0) is 11.3 Å². The number of hydrogen-bond donors (Lipinski definition) is 2. The fraction of sp³-hybridized carbons (Fsp3) is 0.318. The molecule has 0 saturated carbocycles. The minimum atomic E-state index is -0.479. The summed E-state index contributed by atoms with van der Waals surface area (Å²) in [5.74, 6) is -0.108. The summed E-state index contributed by atoms with van der Waals surface area (Å²) in [6, 6.07) is 18.0. The number of fused-ring (bicyclic) bond motifs is 1. The molecule has 6 nitrogen and oxygen atoms in total. The van der Waals surface area contributed by atoms with Gasteiger partial charge in [-0.2, -0.15) is 0 Å². The van der Waals surface area contributed by atoms with Crippen molar-refractivity contribution in [3.63, 3.8) is 0 Å². The van der Waals surface area contributed by atoms with Crippen LogP contribution in [0.25, 0.3) is 10.9 Å². The Bertz CT molecular complexity index is 942. The summed E-state index contributed by atoms with van der Waals surface area (Å²) < 4.78 is 7.66. The van der Waals surface area contributed by atoms with Gasteiger partial charge in [0.25, 0.3) is 5.91 Å². The lowest BCUT2D eigenvalue weighted by Crippen LogP contribution is -2.52. The van der Waals surface area contributed by atoms with Crippen molar-refractivity contribution in [2.45, 2.75) is 18.8 Å². The molecule has 146 valence electrons. The molecule has 2 aromatic carbocycles. The van der Waals surface area contributed by atoms with Crippen LogP contribution >= 0.6 is 0 Å². The fourth-order valence-corrected chi connectivity index (χ4v) is 3.79. The monoisotopic (exact) mass is 380 g/mol. The molecule has 2 atom stereocenters. The molecule has 0 spiro atoms. The topological polar surface area (TPSA) is 74.9 Å². The Kier molecular flexibility index (Phi) is 5.43. The van der Waals surface area contributed by atoms with Gasteiger partial charge in [-0.25, -0.2) is 0 Å². The number of benzene rings is 2. The number of morpholine rings is 1. The second kappa shape index (κ2) is 8.14. The van der Waals surface area contributed by atoms with Crippen LogP contribution in [0, 0.1) is 0 Å². The van der Waals surface area contributed by atoms with E-state index in [9.17, 15) is 15.0 Å². The van der Waals surface area contributed by atoms with Gasteiger partial charge in [-0.1, -0.05) is 48.5 Å². The molecule has 1 aliphatic heterocycles. The van der Waals surface area contributed by atoms with Crippen LogP contribution in [0.3, 0.4) is 0 Å². The fourth-order valence-electron chi connectivity index (χ4n) is 3.79. The number of ether oxygens (including phenoxy) is 1. The minimum absolute atomic E-state index is 0.108. The Morgan fingerprint density at radius 1 is 0.964 bits per heavy atom. The van der Waals surface area contributed by atoms with E-state index in [1.54, 1.807) is 4.90 Å². The first-order valence-corrected chi connectivity index (χ1v) is 9.48. The number of para-hydroxylation sites is 1. The average molecular weight is 380 g/mol. The van der Waals surface area contributed by atoms with Crippen molar-refractivity contribution in [2.24, 2.45) is 0 Å². The molecule has 0 radical (unpaired) electrons. The predicted molar refractivity (Wildman–Crippen MR) is 106 cm³/mol. The van der Waals surface area contributed by atoms with Gasteiger partial charge in [0.2, 0.25) is 0 Å². The van der Waals surface area contributed by atoms with Crippen LogP contribution in [0.2, 0.25) is 0 Å². The molecule has 1 saturated heterocycles. The Morgan fingerprint density at radius 2 is 1.61 bits per heavy atom. The summed E-state index contributed by atoms with van der Waals surface area (Å²) >= 11 is 0. The van der Waals surface area contributed by atoms with Crippen molar-refractivity contribution in [3.05, 3.63) is 71.9 Å². The van der Waals surface area contributed by atoms with Crippen LogP contribution in [0.4, 0.5) is 0 Å². The van der Waals surface area contributed by atoms with Gasteiger partial charge in [-0.05, 0) is 11.6 Å². The zero-order valence-electron chi connectivity index (χ0n) is 15.6. The smallest absolute Gasteiger partial charge is 0.256 e. The second-order valence-electron chi connectivity index (χ2n) is 7.13. The summed E-state index contributed by atoms with van der Waals surface area (Å²) in [6.45, 7) is 0.927. The highest BCUT2D eigenvalue weighted by atomic mass is 16.5. The number of carbonyl (C=O) groups excluding carboxylic acids is 1. The van der Waals surface area contributed by atoms with Gasteiger partial charge in [-0.3, -0.25) is 4.79 Å². The number of aliphatic hydroxyl groups is 2. The first-order chi connectivity index (χ1) is 13.7. The van der Waals surface area contributed by atoms with Gasteiger partial charge in [0, 0.05) is 36.7 Å². The van der Waals surface area contributed by atoms with E-state index in [-0.39, 0.29) is 19.1 Å². The molecule has 0 unspecified atom stereocenters. The van der Waals surface area contributed by atoms with Gasteiger partial charge in [0.1, 0.15) is 0 Å². The summed E-state index contributed by atoms with van der Waals surface area (Å²) in [5.41, 5.74) is 2.79. The molecule has 1 aromatic heterocycles. The standard InChI is InChI=1S/C22H24N2O4/c25-14-17-11-24(12-18(15-26)28-17)22(27)20-13-23(10-16-6-2-1-3-7-16)21-9-5-4-8-19(20)21/h1-9,13,17-18,25-26H,10-12,14-15H2/t17-,18+. The summed E-state index contributed by atoms with van der Waals surface area (Å²) in [6.07, 6.45) is 0.942. The molecular formula is C22H24N2O4. The van der Waals surface area contributed by atoms with Crippen molar-refractivity contribution < 1.29 is 19.7 Å². The van der Waals surface area contributed by atoms with E-state index in [1.807, 2.05) is 48.7 Å². The highest BCUT2D eigenvalue weighted by molar-refractivity contribution is 6.07. The maximum atomic E-state index is 13.3. The Hall–Kier alpha value is -2.67. The molecule has 3 aromatic rings. The number of rotatable bonds is 5. The van der Waals surface area contributed by atoms with E-state index in [1.165, 1.54) is 0 Å². The molecule has 1 aliphatic rings. The molecule has 6 heteroatoms. The maximum absolute atomic E-state index is 13.3. The van der Waals surface area contributed by atoms with Crippen molar-refractivity contribution in [2.75, 3.05) is 26.3 Å². The molecule has 0 aliphatic carbocycles. The van der Waals surface area contributed by atoms with Gasteiger partial charge in [-0.15, -0.1) is 0 Å². The molecule has 4 rings (SSSR count). The summed E-state index contributed by atoms with van der Waals surface area (Å²) in [7, 11) is 0. The van der Waals surface area contributed by atoms with Gasteiger partial charge in [0.15, 0.2) is 0 Å². The quantitative estimate of drug-likeness (QED) is 0.709. The Balaban J connectivity index is 1.67. The van der Waals surface area contributed by atoms with Gasteiger partial charge in [0.05, 0.1) is 31.0 Å². The van der Waals surface area contributed by atoms with Crippen molar-refractivity contribution >= 4 is 16.8 Å².